The van der Waals surface area contributed by atoms with Crippen molar-refractivity contribution in [3.05, 3.63) is 41.0 Å². The van der Waals surface area contributed by atoms with Gasteiger partial charge in [-0.25, -0.2) is 0 Å². The molecular weight excluding hydrogens is 278 g/mol. The van der Waals surface area contributed by atoms with Crippen LogP contribution in [0.1, 0.15) is 12.6 Å². The third-order valence-electron chi connectivity index (χ3n) is 2.64. The van der Waals surface area contributed by atoms with E-state index in [0.717, 1.165) is 29.8 Å². The number of fused-ring (bicyclic) bond motifs is 1. The highest BCUT2D eigenvalue weighted by molar-refractivity contribution is 9.11. The van der Waals surface area contributed by atoms with Gasteiger partial charge in [0.1, 0.15) is 0 Å². The van der Waals surface area contributed by atoms with E-state index in [1.165, 1.54) is 10.9 Å². The van der Waals surface area contributed by atoms with Crippen molar-refractivity contribution >= 4 is 26.8 Å². The summed E-state index contributed by atoms with van der Waals surface area (Å²) in [7, 11) is 0. The molecule has 1 N–H and O–H groups in total. The Labute approximate surface area is 110 Å². The molecule has 2 rings (SSSR count). The van der Waals surface area contributed by atoms with Crippen LogP contribution >= 0.6 is 15.9 Å². The molecule has 0 spiro atoms. The predicted octanol–water partition coefficient (Wildman–Crippen LogP) is 3.05. The second-order valence-corrected chi connectivity index (χ2v) is 5.02. The number of aromatic nitrogens is 2. The Morgan fingerprint density at radius 2 is 2.24 bits per heavy atom. The quantitative estimate of drug-likeness (QED) is 0.918. The number of nitrogens with one attached hydrogen (secondary N) is 1. The van der Waals surface area contributed by atoms with Crippen LogP contribution in [0.4, 0.5) is 0 Å². The van der Waals surface area contributed by atoms with E-state index in [9.17, 15) is 0 Å². The Kier molecular flexibility index (Phi) is 3.97. The van der Waals surface area contributed by atoms with Crippen LogP contribution in [0.2, 0.25) is 0 Å². The third-order valence-corrected chi connectivity index (χ3v) is 2.92. The Balaban J connectivity index is 2.24. The molecule has 0 radical (unpaired) electrons. The number of nitrogens with zero attached hydrogens (tertiary/aromatic N) is 2. The normalized spacial score (nSPS) is 10.9. The largest absolute Gasteiger partial charge is 0.306 e. The van der Waals surface area contributed by atoms with Gasteiger partial charge in [0.05, 0.1) is 11.2 Å². The summed E-state index contributed by atoms with van der Waals surface area (Å²) in [5, 5.41) is 9.15. The topological polar surface area (TPSA) is 29.9 Å². The summed E-state index contributed by atoms with van der Waals surface area (Å²) >= 11 is 3.33. The van der Waals surface area contributed by atoms with Crippen LogP contribution in [-0.4, -0.2) is 16.3 Å². The maximum absolute atomic E-state index is 4.61. The van der Waals surface area contributed by atoms with Crippen LogP contribution in [0.5, 0.6) is 0 Å². The van der Waals surface area contributed by atoms with Gasteiger partial charge in [-0.15, -0.1) is 0 Å². The van der Waals surface area contributed by atoms with Crippen LogP contribution in [0.3, 0.4) is 0 Å². The fraction of sp³-hybridized carbons (Fsp3) is 0.308. The Hall–Kier alpha value is -1.13. The average molecular weight is 294 g/mol. The fourth-order valence-corrected chi connectivity index (χ4v) is 2.08. The summed E-state index contributed by atoms with van der Waals surface area (Å²) in [6, 6.07) is 8.33. The number of halogens is 1. The van der Waals surface area contributed by atoms with E-state index in [4.69, 9.17) is 0 Å². The molecule has 0 aliphatic heterocycles. The molecule has 0 bridgehead atoms. The zero-order chi connectivity index (χ0) is 12.3. The van der Waals surface area contributed by atoms with Crippen LogP contribution < -0.4 is 5.32 Å². The average Bonchev–Trinajstić information content (AvgIpc) is 2.68. The first kappa shape index (κ1) is 12.3. The van der Waals surface area contributed by atoms with E-state index in [1.54, 1.807) is 0 Å². The molecule has 17 heavy (non-hydrogen) atoms. The van der Waals surface area contributed by atoms with Gasteiger partial charge in [0.15, 0.2) is 0 Å². The molecule has 0 saturated heterocycles. The van der Waals surface area contributed by atoms with Crippen LogP contribution in [0.15, 0.2) is 35.3 Å². The Morgan fingerprint density at radius 3 is 2.94 bits per heavy atom. The van der Waals surface area contributed by atoms with E-state index < -0.39 is 0 Å². The maximum atomic E-state index is 4.61. The Morgan fingerprint density at radius 1 is 1.47 bits per heavy atom. The summed E-state index contributed by atoms with van der Waals surface area (Å²) in [5.74, 6) is 0. The lowest BCUT2D eigenvalue weighted by Crippen LogP contribution is -2.15. The van der Waals surface area contributed by atoms with Crippen LogP contribution in [0, 0.1) is 0 Å². The van der Waals surface area contributed by atoms with Gasteiger partial charge in [-0.1, -0.05) is 40.7 Å². The molecule has 1 aromatic heterocycles. The Bertz CT molecular complexity index is 530. The van der Waals surface area contributed by atoms with Crippen molar-refractivity contribution in [3.8, 4) is 0 Å². The van der Waals surface area contributed by atoms with Crippen molar-refractivity contribution in [2.75, 3.05) is 6.54 Å². The van der Waals surface area contributed by atoms with E-state index in [-0.39, 0.29) is 0 Å². The highest BCUT2D eigenvalue weighted by Gasteiger charge is 2.08. The SMILES string of the molecule is C=C(Br)CNCc1nn(CC)c2ccccc12. The molecule has 90 valence electrons. The molecule has 0 atom stereocenters. The van der Waals surface area contributed by atoms with Gasteiger partial charge in [-0.05, 0) is 13.0 Å². The highest BCUT2D eigenvalue weighted by atomic mass is 79.9. The van der Waals surface area contributed by atoms with Gasteiger partial charge in [0, 0.05) is 29.5 Å². The first-order valence-corrected chi connectivity index (χ1v) is 6.50. The van der Waals surface area contributed by atoms with E-state index in [2.05, 4.69) is 58.0 Å². The number of benzene rings is 1. The molecule has 4 heteroatoms. The van der Waals surface area contributed by atoms with Gasteiger partial charge in [0.25, 0.3) is 0 Å². The molecule has 0 aliphatic carbocycles. The number of hydrogen-bond donors (Lipinski definition) is 1. The van der Waals surface area contributed by atoms with Crippen LogP contribution in [0.25, 0.3) is 10.9 Å². The molecule has 1 heterocycles. The summed E-state index contributed by atoms with van der Waals surface area (Å²) < 4.78 is 2.99. The molecule has 2 aromatic rings. The monoisotopic (exact) mass is 293 g/mol. The van der Waals surface area contributed by atoms with Crippen molar-refractivity contribution in [2.45, 2.75) is 20.0 Å². The molecule has 0 saturated carbocycles. The summed E-state index contributed by atoms with van der Waals surface area (Å²) in [5.41, 5.74) is 2.29. The molecule has 0 aliphatic rings. The number of hydrogen-bond acceptors (Lipinski definition) is 2. The molecule has 0 amide bonds. The lowest BCUT2D eigenvalue weighted by Gasteiger charge is -2.00. The van der Waals surface area contributed by atoms with Crippen LogP contribution in [-0.2, 0) is 13.1 Å². The molecule has 1 aromatic carbocycles. The van der Waals surface area contributed by atoms with E-state index >= 15 is 0 Å². The van der Waals surface area contributed by atoms with E-state index in [0.29, 0.717) is 0 Å². The smallest absolute Gasteiger partial charge is 0.0841 e. The van der Waals surface area contributed by atoms with Crippen molar-refractivity contribution in [1.82, 2.24) is 15.1 Å². The van der Waals surface area contributed by atoms with Gasteiger partial charge in [0.2, 0.25) is 0 Å². The minimum atomic E-state index is 0.757. The molecule has 3 nitrogen and oxygen atoms in total. The number of aryl methyl sites for hydroxylation is 1. The van der Waals surface area contributed by atoms with Gasteiger partial charge in [-0.2, -0.15) is 5.10 Å². The summed E-state index contributed by atoms with van der Waals surface area (Å²) in [4.78, 5) is 0. The lowest BCUT2D eigenvalue weighted by molar-refractivity contribution is 0.648. The number of para-hydroxylation sites is 1. The lowest BCUT2D eigenvalue weighted by atomic mass is 10.2. The summed E-state index contributed by atoms with van der Waals surface area (Å²) in [6.07, 6.45) is 0. The second-order valence-electron chi connectivity index (χ2n) is 3.90. The van der Waals surface area contributed by atoms with Crippen molar-refractivity contribution in [2.24, 2.45) is 0 Å². The van der Waals surface area contributed by atoms with Crippen molar-refractivity contribution < 1.29 is 0 Å². The third kappa shape index (κ3) is 2.76. The minimum absolute atomic E-state index is 0.757. The maximum Gasteiger partial charge on any atom is 0.0841 e. The zero-order valence-corrected chi connectivity index (χ0v) is 11.5. The molecule has 0 unspecified atom stereocenters. The van der Waals surface area contributed by atoms with Gasteiger partial charge in [-0.3, -0.25) is 4.68 Å². The first-order chi connectivity index (χ1) is 8.22. The van der Waals surface area contributed by atoms with Crippen molar-refractivity contribution in [1.29, 1.82) is 0 Å². The zero-order valence-electron chi connectivity index (χ0n) is 9.91. The van der Waals surface area contributed by atoms with E-state index in [1.807, 2.05) is 10.7 Å². The fourth-order valence-electron chi connectivity index (χ4n) is 1.88. The predicted molar refractivity (Wildman–Crippen MR) is 75.2 cm³/mol. The standard InChI is InChI=1S/C13H16BrN3/c1-3-17-13-7-5-4-6-11(13)12(16-17)9-15-8-10(2)14/h4-7,15H,2-3,8-9H2,1H3. The number of rotatable bonds is 5. The highest BCUT2D eigenvalue weighted by Crippen LogP contribution is 2.18. The molecular formula is C13H16BrN3. The van der Waals surface area contributed by atoms with Gasteiger partial charge < -0.3 is 5.32 Å². The second kappa shape index (κ2) is 5.47. The first-order valence-electron chi connectivity index (χ1n) is 5.70. The minimum Gasteiger partial charge on any atom is -0.306 e. The van der Waals surface area contributed by atoms with Gasteiger partial charge >= 0.3 is 0 Å². The summed E-state index contributed by atoms with van der Waals surface area (Å²) in [6.45, 7) is 8.32. The van der Waals surface area contributed by atoms with Crippen molar-refractivity contribution in [3.63, 3.8) is 0 Å². The molecule has 0 fully saturated rings.